The van der Waals surface area contributed by atoms with Crippen molar-refractivity contribution >= 4 is 11.8 Å². The number of Topliss-reactive ketones (excluding diaryl/α,β-unsaturated/α-hetero) is 1. The minimum Gasteiger partial charge on any atom is -0.436 e. The summed E-state index contributed by atoms with van der Waals surface area (Å²) in [5.41, 5.74) is 2.06. The van der Waals surface area contributed by atoms with Gasteiger partial charge in [-0.1, -0.05) is 32.4 Å². The van der Waals surface area contributed by atoms with Crippen LogP contribution >= 0.6 is 0 Å². The standard InChI is InChI=1S/C27H42O4/c1-5-24(29)31-25(30)11-6-17(2)21-9-10-22-20-8-7-18-16-19(28)12-14-26(18,3)23(20)13-15-27(21,22)4/h6,18,20-23,25,30H,5,7-16H2,1-4H3/t18?,20-,21?,22-,23+,25?,26-,27+/m0/s1. The van der Waals surface area contributed by atoms with E-state index in [-0.39, 0.29) is 5.97 Å². The summed E-state index contributed by atoms with van der Waals surface area (Å²) in [6.07, 6.45) is 12.2. The molecule has 0 heterocycles. The maximum atomic E-state index is 12.1. The molecular weight excluding hydrogens is 388 g/mol. The van der Waals surface area contributed by atoms with Crippen molar-refractivity contribution in [3.8, 4) is 0 Å². The Morgan fingerprint density at radius 1 is 1.13 bits per heavy atom. The molecule has 0 aromatic heterocycles. The molecule has 0 aromatic rings. The van der Waals surface area contributed by atoms with Gasteiger partial charge in [0.25, 0.3) is 0 Å². The van der Waals surface area contributed by atoms with Crippen molar-refractivity contribution in [2.45, 2.75) is 105 Å². The quantitative estimate of drug-likeness (QED) is 0.339. The van der Waals surface area contributed by atoms with Crippen LogP contribution in [0.3, 0.4) is 0 Å². The van der Waals surface area contributed by atoms with Gasteiger partial charge in [0.05, 0.1) is 0 Å². The number of allylic oxidation sites excluding steroid dienone is 1. The molecule has 4 aliphatic carbocycles. The summed E-state index contributed by atoms with van der Waals surface area (Å²) in [5, 5.41) is 10.0. The van der Waals surface area contributed by atoms with Gasteiger partial charge >= 0.3 is 5.97 Å². The van der Waals surface area contributed by atoms with Crippen LogP contribution in [0.1, 0.15) is 98.3 Å². The van der Waals surface area contributed by atoms with Gasteiger partial charge in [-0.3, -0.25) is 9.59 Å². The van der Waals surface area contributed by atoms with E-state index in [1.807, 2.05) is 0 Å². The fraction of sp³-hybridized carbons (Fsp3) is 0.852. The highest BCUT2D eigenvalue weighted by Gasteiger charge is 2.60. The molecule has 8 atom stereocenters. The molecule has 4 nitrogen and oxygen atoms in total. The lowest BCUT2D eigenvalue weighted by Gasteiger charge is -2.60. The van der Waals surface area contributed by atoms with E-state index in [4.69, 9.17) is 4.74 Å². The van der Waals surface area contributed by atoms with Crippen LogP contribution in [0.25, 0.3) is 0 Å². The highest BCUT2D eigenvalue weighted by molar-refractivity contribution is 5.79. The van der Waals surface area contributed by atoms with Crippen molar-refractivity contribution in [2.24, 2.45) is 40.4 Å². The van der Waals surface area contributed by atoms with Crippen LogP contribution in [0.2, 0.25) is 0 Å². The lowest BCUT2D eigenvalue weighted by Crippen LogP contribution is -2.53. The first-order valence-electron chi connectivity index (χ1n) is 12.7. The third kappa shape index (κ3) is 4.03. The molecular formula is C27H42O4. The first kappa shape index (κ1) is 23.0. The second-order valence-electron chi connectivity index (χ2n) is 11.6. The molecule has 0 spiro atoms. The number of ether oxygens (including phenoxy) is 1. The molecule has 4 heteroatoms. The molecule has 174 valence electrons. The van der Waals surface area contributed by atoms with Crippen molar-refractivity contribution in [1.82, 2.24) is 0 Å². The summed E-state index contributed by atoms with van der Waals surface area (Å²) >= 11 is 0. The summed E-state index contributed by atoms with van der Waals surface area (Å²) in [6, 6.07) is 0. The molecule has 0 aliphatic heterocycles. The monoisotopic (exact) mass is 430 g/mol. The van der Waals surface area contributed by atoms with Crippen LogP contribution < -0.4 is 0 Å². The fourth-order valence-electron chi connectivity index (χ4n) is 8.51. The Morgan fingerprint density at radius 3 is 2.61 bits per heavy atom. The average molecular weight is 431 g/mol. The topological polar surface area (TPSA) is 63.6 Å². The Bertz CT molecular complexity index is 742. The maximum absolute atomic E-state index is 12.1. The molecule has 4 saturated carbocycles. The molecule has 0 amide bonds. The van der Waals surface area contributed by atoms with E-state index in [1.165, 1.54) is 44.1 Å². The van der Waals surface area contributed by atoms with Crippen molar-refractivity contribution in [3.63, 3.8) is 0 Å². The van der Waals surface area contributed by atoms with E-state index in [2.05, 4.69) is 26.8 Å². The highest BCUT2D eigenvalue weighted by Crippen LogP contribution is 2.68. The van der Waals surface area contributed by atoms with E-state index in [9.17, 15) is 14.7 Å². The second-order valence-corrected chi connectivity index (χ2v) is 11.6. The van der Waals surface area contributed by atoms with E-state index >= 15 is 0 Å². The van der Waals surface area contributed by atoms with E-state index in [1.54, 1.807) is 6.92 Å². The Balaban J connectivity index is 1.46. The molecule has 1 N–H and O–H groups in total. The Labute approximate surface area is 188 Å². The summed E-state index contributed by atoms with van der Waals surface area (Å²) in [6.45, 7) is 8.99. The minimum atomic E-state index is -1.03. The predicted octanol–water partition coefficient (Wildman–Crippen LogP) is 5.82. The number of rotatable bonds is 5. The third-order valence-electron chi connectivity index (χ3n) is 10.2. The Morgan fingerprint density at radius 2 is 1.87 bits per heavy atom. The fourth-order valence-corrected chi connectivity index (χ4v) is 8.51. The largest absolute Gasteiger partial charge is 0.436 e. The number of carbonyl (C=O) groups is 2. The molecule has 0 radical (unpaired) electrons. The molecule has 4 fully saturated rings. The zero-order valence-corrected chi connectivity index (χ0v) is 20.0. The molecule has 0 bridgehead atoms. The van der Waals surface area contributed by atoms with E-state index in [0.717, 1.165) is 37.0 Å². The van der Waals surface area contributed by atoms with Crippen LogP contribution in [0, 0.1) is 40.4 Å². The van der Waals surface area contributed by atoms with Crippen molar-refractivity contribution in [2.75, 3.05) is 0 Å². The molecule has 31 heavy (non-hydrogen) atoms. The van der Waals surface area contributed by atoms with Gasteiger partial charge in [0.2, 0.25) is 6.29 Å². The van der Waals surface area contributed by atoms with E-state index in [0.29, 0.717) is 41.3 Å². The SMILES string of the molecule is CCC(=O)OC(O)CC=C(C)C1CC[C@H]2[C@@H]3CCC4CC(=O)CC[C@]4(C)[C@@H]3CC[C@]12C. The van der Waals surface area contributed by atoms with Crippen LogP contribution in [0.4, 0.5) is 0 Å². The maximum Gasteiger partial charge on any atom is 0.307 e. The van der Waals surface area contributed by atoms with Crippen LogP contribution in [0.5, 0.6) is 0 Å². The van der Waals surface area contributed by atoms with E-state index < -0.39 is 6.29 Å². The second kappa shape index (κ2) is 8.65. The van der Waals surface area contributed by atoms with Crippen LogP contribution in [-0.4, -0.2) is 23.1 Å². The first-order chi connectivity index (χ1) is 14.7. The first-order valence-corrected chi connectivity index (χ1v) is 12.7. The van der Waals surface area contributed by atoms with Gasteiger partial charge in [-0.25, -0.2) is 0 Å². The molecule has 0 saturated heterocycles. The third-order valence-corrected chi connectivity index (χ3v) is 10.2. The van der Waals surface area contributed by atoms with Crippen molar-refractivity contribution < 1.29 is 19.4 Å². The normalized spacial score (nSPS) is 43.6. The predicted molar refractivity (Wildman–Crippen MR) is 121 cm³/mol. The minimum absolute atomic E-state index is 0.290. The van der Waals surface area contributed by atoms with Gasteiger partial charge in [-0.05, 0) is 92.3 Å². The molecule has 4 rings (SSSR count). The number of aliphatic hydroxyl groups is 1. The Hall–Kier alpha value is -1.16. The van der Waals surface area contributed by atoms with Crippen LogP contribution in [0.15, 0.2) is 11.6 Å². The Kier molecular flexibility index (Phi) is 6.42. The average Bonchev–Trinajstić information content (AvgIpc) is 3.09. The molecule has 4 aliphatic rings. The highest BCUT2D eigenvalue weighted by atomic mass is 16.6. The van der Waals surface area contributed by atoms with Crippen LogP contribution in [-0.2, 0) is 14.3 Å². The van der Waals surface area contributed by atoms with Crippen molar-refractivity contribution in [1.29, 1.82) is 0 Å². The summed E-state index contributed by atoms with van der Waals surface area (Å²) in [7, 11) is 0. The van der Waals surface area contributed by atoms with Crippen molar-refractivity contribution in [3.05, 3.63) is 11.6 Å². The zero-order valence-electron chi connectivity index (χ0n) is 20.0. The summed E-state index contributed by atoms with van der Waals surface area (Å²) in [4.78, 5) is 23.5. The van der Waals surface area contributed by atoms with Gasteiger partial charge in [0.15, 0.2) is 0 Å². The summed E-state index contributed by atoms with van der Waals surface area (Å²) in [5.74, 6) is 3.69. The molecule has 3 unspecified atom stereocenters. The van der Waals surface area contributed by atoms with Gasteiger partial charge < -0.3 is 9.84 Å². The molecule has 0 aromatic carbocycles. The lowest BCUT2D eigenvalue weighted by molar-refractivity contribution is -0.166. The number of hydrogen-bond donors (Lipinski definition) is 1. The van der Waals surface area contributed by atoms with Gasteiger partial charge in [0.1, 0.15) is 5.78 Å². The number of fused-ring (bicyclic) bond motifs is 5. The summed E-state index contributed by atoms with van der Waals surface area (Å²) < 4.78 is 5.03. The number of hydrogen-bond acceptors (Lipinski definition) is 4. The number of ketones is 1. The lowest BCUT2D eigenvalue weighted by atomic mass is 9.44. The van der Waals surface area contributed by atoms with Gasteiger partial charge in [0, 0.05) is 25.7 Å². The van der Waals surface area contributed by atoms with Gasteiger partial charge in [-0.15, -0.1) is 0 Å². The number of carbonyl (C=O) groups excluding carboxylic acids is 2. The smallest absolute Gasteiger partial charge is 0.307 e. The number of esters is 1. The number of aliphatic hydroxyl groups excluding tert-OH is 1. The van der Waals surface area contributed by atoms with Gasteiger partial charge in [-0.2, -0.15) is 0 Å². The zero-order chi connectivity index (χ0) is 22.4.